The van der Waals surface area contributed by atoms with Crippen LogP contribution in [0.2, 0.25) is 0 Å². The highest BCUT2D eigenvalue weighted by Crippen LogP contribution is 2.40. The van der Waals surface area contributed by atoms with Gasteiger partial charge in [-0.05, 0) is 37.0 Å². The van der Waals surface area contributed by atoms with E-state index in [1.165, 1.54) is 44.9 Å². The predicted octanol–water partition coefficient (Wildman–Crippen LogP) is 3.75. The molecule has 2 rings (SSSR count). The molecule has 0 spiro atoms. The minimum atomic E-state index is 0.529. The predicted molar refractivity (Wildman–Crippen MR) is 76.8 cm³/mol. The SMILES string of the molecule is CC1CC(C)(C)CC1NCCOC1CCCCC1. The van der Waals surface area contributed by atoms with E-state index in [9.17, 15) is 0 Å². The summed E-state index contributed by atoms with van der Waals surface area (Å²) in [6.45, 7) is 9.09. The van der Waals surface area contributed by atoms with E-state index in [2.05, 4.69) is 26.1 Å². The Morgan fingerprint density at radius 1 is 1.11 bits per heavy atom. The Labute approximate surface area is 113 Å². The summed E-state index contributed by atoms with van der Waals surface area (Å²) < 4.78 is 5.97. The first-order valence-corrected chi connectivity index (χ1v) is 7.92. The van der Waals surface area contributed by atoms with Crippen molar-refractivity contribution < 1.29 is 4.74 Å². The first-order valence-electron chi connectivity index (χ1n) is 7.92. The molecule has 2 aliphatic carbocycles. The van der Waals surface area contributed by atoms with Gasteiger partial charge in [0.1, 0.15) is 0 Å². The lowest BCUT2D eigenvalue weighted by Crippen LogP contribution is -2.35. The van der Waals surface area contributed by atoms with E-state index in [4.69, 9.17) is 4.74 Å². The van der Waals surface area contributed by atoms with Crippen LogP contribution in [0, 0.1) is 11.3 Å². The van der Waals surface area contributed by atoms with Gasteiger partial charge in [-0.2, -0.15) is 0 Å². The second-order valence-corrected chi connectivity index (χ2v) is 7.24. The zero-order chi connectivity index (χ0) is 13.0. The molecule has 0 aromatic rings. The fourth-order valence-electron chi connectivity index (χ4n) is 3.87. The molecular formula is C16H31NO. The topological polar surface area (TPSA) is 21.3 Å². The van der Waals surface area contributed by atoms with Crippen LogP contribution in [-0.2, 0) is 4.74 Å². The normalized spacial score (nSPS) is 32.8. The fraction of sp³-hybridized carbons (Fsp3) is 1.00. The van der Waals surface area contributed by atoms with Crippen LogP contribution in [0.5, 0.6) is 0 Å². The minimum Gasteiger partial charge on any atom is -0.377 e. The van der Waals surface area contributed by atoms with Gasteiger partial charge in [0.25, 0.3) is 0 Å². The summed E-state index contributed by atoms with van der Waals surface area (Å²) >= 11 is 0. The number of nitrogens with one attached hydrogen (secondary N) is 1. The van der Waals surface area contributed by atoms with Crippen molar-refractivity contribution in [2.75, 3.05) is 13.2 Å². The molecule has 0 radical (unpaired) electrons. The van der Waals surface area contributed by atoms with Gasteiger partial charge >= 0.3 is 0 Å². The van der Waals surface area contributed by atoms with Crippen LogP contribution in [0.1, 0.15) is 65.7 Å². The van der Waals surface area contributed by atoms with Crippen LogP contribution in [0.25, 0.3) is 0 Å². The van der Waals surface area contributed by atoms with E-state index in [0.29, 0.717) is 17.6 Å². The molecule has 0 aromatic carbocycles. The van der Waals surface area contributed by atoms with E-state index in [-0.39, 0.29) is 0 Å². The molecule has 2 unspecified atom stereocenters. The summed E-state index contributed by atoms with van der Waals surface area (Å²) in [6, 6.07) is 0.704. The standard InChI is InChI=1S/C16H31NO/c1-13-11-16(2,3)12-15(13)17-9-10-18-14-7-5-4-6-8-14/h13-15,17H,4-12H2,1-3H3. The van der Waals surface area contributed by atoms with Gasteiger partial charge in [-0.1, -0.05) is 40.0 Å². The molecule has 2 heteroatoms. The molecular weight excluding hydrogens is 222 g/mol. The summed E-state index contributed by atoms with van der Waals surface area (Å²) in [7, 11) is 0. The average molecular weight is 253 g/mol. The maximum atomic E-state index is 5.97. The van der Waals surface area contributed by atoms with Gasteiger partial charge in [0.05, 0.1) is 12.7 Å². The third-order valence-corrected chi connectivity index (χ3v) is 4.75. The lowest BCUT2D eigenvalue weighted by atomic mass is 9.91. The van der Waals surface area contributed by atoms with Crippen LogP contribution in [-0.4, -0.2) is 25.3 Å². The molecule has 1 N–H and O–H groups in total. The highest BCUT2D eigenvalue weighted by molar-refractivity contribution is 4.90. The second-order valence-electron chi connectivity index (χ2n) is 7.24. The number of hydrogen-bond donors (Lipinski definition) is 1. The summed E-state index contributed by atoms with van der Waals surface area (Å²) in [4.78, 5) is 0. The number of ether oxygens (including phenoxy) is 1. The van der Waals surface area contributed by atoms with Crippen molar-refractivity contribution in [3.05, 3.63) is 0 Å². The molecule has 2 aliphatic rings. The summed E-state index contributed by atoms with van der Waals surface area (Å²) in [5, 5.41) is 3.70. The van der Waals surface area contributed by atoms with Gasteiger partial charge < -0.3 is 10.1 Å². The van der Waals surface area contributed by atoms with Gasteiger partial charge in [-0.15, -0.1) is 0 Å². The molecule has 106 valence electrons. The summed E-state index contributed by atoms with van der Waals surface area (Å²) in [5.41, 5.74) is 0.529. The third kappa shape index (κ3) is 4.24. The first kappa shape index (κ1) is 14.3. The van der Waals surface area contributed by atoms with Crippen LogP contribution in [0.15, 0.2) is 0 Å². The second kappa shape index (κ2) is 6.38. The van der Waals surface area contributed by atoms with Gasteiger partial charge in [0.15, 0.2) is 0 Å². The molecule has 0 bridgehead atoms. The first-order chi connectivity index (χ1) is 8.57. The Kier molecular flexibility index (Phi) is 5.08. The van der Waals surface area contributed by atoms with Gasteiger partial charge in [-0.25, -0.2) is 0 Å². The van der Waals surface area contributed by atoms with Crippen LogP contribution < -0.4 is 5.32 Å². The molecule has 0 aliphatic heterocycles. The molecule has 2 saturated carbocycles. The molecule has 18 heavy (non-hydrogen) atoms. The fourth-order valence-corrected chi connectivity index (χ4v) is 3.87. The van der Waals surface area contributed by atoms with Crippen LogP contribution in [0.4, 0.5) is 0 Å². The van der Waals surface area contributed by atoms with Crippen molar-refractivity contribution in [3.63, 3.8) is 0 Å². The molecule has 0 aromatic heterocycles. The van der Waals surface area contributed by atoms with Crippen molar-refractivity contribution in [2.45, 2.75) is 77.9 Å². The molecule has 0 heterocycles. The quantitative estimate of drug-likeness (QED) is 0.753. The van der Waals surface area contributed by atoms with Crippen molar-refractivity contribution in [1.29, 1.82) is 0 Å². The molecule has 2 atom stereocenters. The van der Waals surface area contributed by atoms with Crippen molar-refractivity contribution >= 4 is 0 Å². The van der Waals surface area contributed by atoms with E-state index in [0.717, 1.165) is 19.1 Å². The maximum absolute atomic E-state index is 5.97. The lowest BCUT2D eigenvalue weighted by Gasteiger charge is -2.23. The van der Waals surface area contributed by atoms with Gasteiger partial charge in [0, 0.05) is 12.6 Å². The molecule has 0 saturated heterocycles. The Morgan fingerprint density at radius 2 is 1.83 bits per heavy atom. The minimum absolute atomic E-state index is 0.529. The van der Waals surface area contributed by atoms with Gasteiger partial charge in [0.2, 0.25) is 0 Å². The smallest absolute Gasteiger partial charge is 0.0594 e. The maximum Gasteiger partial charge on any atom is 0.0594 e. The Bertz CT molecular complexity index is 245. The third-order valence-electron chi connectivity index (χ3n) is 4.75. The van der Waals surface area contributed by atoms with E-state index in [1.54, 1.807) is 0 Å². The number of rotatable bonds is 5. The largest absolute Gasteiger partial charge is 0.377 e. The van der Waals surface area contributed by atoms with Crippen LogP contribution >= 0.6 is 0 Å². The Balaban J connectivity index is 1.58. The summed E-state index contributed by atoms with van der Waals surface area (Å²) in [5.74, 6) is 0.815. The Morgan fingerprint density at radius 3 is 2.44 bits per heavy atom. The summed E-state index contributed by atoms with van der Waals surface area (Å²) in [6.07, 6.45) is 9.94. The Hall–Kier alpha value is -0.0800. The highest BCUT2D eigenvalue weighted by atomic mass is 16.5. The van der Waals surface area contributed by atoms with E-state index < -0.39 is 0 Å². The van der Waals surface area contributed by atoms with Crippen LogP contribution in [0.3, 0.4) is 0 Å². The van der Waals surface area contributed by atoms with E-state index >= 15 is 0 Å². The van der Waals surface area contributed by atoms with Gasteiger partial charge in [-0.3, -0.25) is 0 Å². The molecule has 0 amide bonds. The van der Waals surface area contributed by atoms with Crippen molar-refractivity contribution in [2.24, 2.45) is 11.3 Å². The lowest BCUT2D eigenvalue weighted by molar-refractivity contribution is 0.0289. The average Bonchev–Trinajstić information content (AvgIpc) is 2.59. The molecule has 2 nitrogen and oxygen atoms in total. The number of hydrogen-bond acceptors (Lipinski definition) is 2. The highest BCUT2D eigenvalue weighted by Gasteiger charge is 2.36. The van der Waals surface area contributed by atoms with E-state index in [1.807, 2.05) is 0 Å². The zero-order valence-electron chi connectivity index (χ0n) is 12.5. The van der Waals surface area contributed by atoms with Crippen molar-refractivity contribution in [1.82, 2.24) is 5.32 Å². The van der Waals surface area contributed by atoms with Crippen molar-refractivity contribution in [3.8, 4) is 0 Å². The zero-order valence-corrected chi connectivity index (χ0v) is 12.5. The molecule has 2 fully saturated rings. The monoisotopic (exact) mass is 253 g/mol.